The zero-order valence-corrected chi connectivity index (χ0v) is 23.2. The zero-order valence-electron chi connectivity index (χ0n) is 22.4. The van der Waals surface area contributed by atoms with Crippen molar-refractivity contribution in [3.05, 3.63) is 58.6 Å². The van der Waals surface area contributed by atoms with Crippen LogP contribution in [0.1, 0.15) is 54.9 Å². The predicted molar refractivity (Wildman–Crippen MR) is 146 cm³/mol. The number of hydrogen-bond acceptors (Lipinski definition) is 5. The first-order chi connectivity index (χ1) is 18.9. The van der Waals surface area contributed by atoms with Crippen LogP contribution in [0, 0.1) is 11.8 Å². The van der Waals surface area contributed by atoms with Crippen molar-refractivity contribution in [3.63, 3.8) is 0 Å². The fourth-order valence-corrected chi connectivity index (χ4v) is 6.05. The number of hydrogen-bond donors (Lipinski definition) is 2. The van der Waals surface area contributed by atoms with Crippen LogP contribution in [0.4, 0.5) is 18.9 Å². The van der Waals surface area contributed by atoms with Crippen LogP contribution in [-0.2, 0) is 10.4 Å². The van der Waals surface area contributed by atoms with Crippen molar-refractivity contribution in [1.82, 2.24) is 4.90 Å². The molecule has 0 aliphatic carbocycles. The standard InChI is InChI=1S/C29H35ClF3N3O4/c1-2-40-23-5-3-4-21(17-23)28(39,29(31,32)33)27(38)36-14-10-20(11-15-36)16-19-8-12-35(13-9-19)22-6-7-24(26(34)37)25(30)18-22/h3-7,17-20,39H,2,8-16H2,1H3,(H2,34,37). The second-order valence-corrected chi connectivity index (χ2v) is 11.0. The van der Waals surface area contributed by atoms with Gasteiger partial charge >= 0.3 is 6.18 Å². The summed E-state index contributed by atoms with van der Waals surface area (Å²) in [4.78, 5) is 27.9. The van der Waals surface area contributed by atoms with E-state index in [9.17, 15) is 27.9 Å². The lowest BCUT2D eigenvalue weighted by atomic mass is 9.82. The number of alkyl halides is 3. The van der Waals surface area contributed by atoms with Crippen LogP contribution < -0.4 is 15.4 Å². The Morgan fingerprint density at radius 2 is 1.65 bits per heavy atom. The van der Waals surface area contributed by atoms with Crippen molar-refractivity contribution in [3.8, 4) is 5.75 Å². The molecule has 1 atom stereocenters. The minimum absolute atomic E-state index is 0.158. The average Bonchev–Trinajstić information content (AvgIpc) is 2.92. The first-order valence-corrected chi connectivity index (χ1v) is 14.0. The van der Waals surface area contributed by atoms with Crippen LogP contribution in [0.2, 0.25) is 5.02 Å². The van der Waals surface area contributed by atoms with Gasteiger partial charge in [0.25, 0.3) is 11.5 Å². The van der Waals surface area contributed by atoms with E-state index in [2.05, 4.69) is 4.90 Å². The quantitative estimate of drug-likeness (QED) is 0.450. The molecule has 2 heterocycles. The highest BCUT2D eigenvalue weighted by Crippen LogP contribution is 2.42. The lowest BCUT2D eigenvalue weighted by Crippen LogP contribution is -2.57. The van der Waals surface area contributed by atoms with Gasteiger partial charge in [0.05, 0.1) is 17.2 Å². The summed E-state index contributed by atoms with van der Waals surface area (Å²) in [6.45, 7) is 3.92. The van der Waals surface area contributed by atoms with Crippen LogP contribution in [0.5, 0.6) is 5.75 Å². The molecule has 40 heavy (non-hydrogen) atoms. The third kappa shape index (κ3) is 6.33. The molecule has 0 bridgehead atoms. The molecule has 2 fully saturated rings. The molecule has 0 saturated carbocycles. The summed E-state index contributed by atoms with van der Waals surface area (Å²) in [5.41, 5.74) is 2.37. The van der Waals surface area contributed by atoms with Crippen LogP contribution in [0.3, 0.4) is 0 Å². The van der Waals surface area contributed by atoms with E-state index in [0.29, 0.717) is 29.7 Å². The van der Waals surface area contributed by atoms with Gasteiger partial charge < -0.3 is 25.4 Å². The van der Waals surface area contributed by atoms with Gasteiger partial charge in [0.15, 0.2) is 0 Å². The fraction of sp³-hybridized carbons (Fsp3) is 0.517. The second kappa shape index (κ2) is 12.3. The average molecular weight is 582 g/mol. The maximum atomic E-state index is 14.2. The molecule has 1 unspecified atom stereocenters. The Balaban J connectivity index is 1.32. The van der Waals surface area contributed by atoms with Crippen LogP contribution >= 0.6 is 11.6 Å². The van der Waals surface area contributed by atoms with E-state index < -0.39 is 29.2 Å². The molecule has 2 aliphatic rings. The molecule has 2 aliphatic heterocycles. The van der Waals surface area contributed by atoms with Gasteiger partial charge in [-0.3, -0.25) is 9.59 Å². The lowest BCUT2D eigenvalue weighted by Gasteiger charge is -2.40. The first kappa shape index (κ1) is 30.0. The summed E-state index contributed by atoms with van der Waals surface area (Å²) in [6, 6.07) is 10.2. The molecule has 4 rings (SSSR count). The number of piperidine rings is 2. The Morgan fingerprint density at radius 1 is 1.02 bits per heavy atom. The summed E-state index contributed by atoms with van der Waals surface area (Å²) in [5.74, 6) is -0.989. The molecule has 7 nitrogen and oxygen atoms in total. The van der Waals surface area contributed by atoms with Gasteiger partial charge in [0, 0.05) is 37.4 Å². The van der Waals surface area contributed by atoms with Crippen molar-refractivity contribution in [1.29, 1.82) is 0 Å². The summed E-state index contributed by atoms with van der Waals surface area (Å²) < 4.78 is 47.8. The summed E-state index contributed by atoms with van der Waals surface area (Å²) in [6.07, 6.45) is -1.16. The number of likely N-dealkylation sites (tertiary alicyclic amines) is 1. The van der Waals surface area contributed by atoms with Crippen molar-refractivity contribution in [2.24, 2.45) is 17.6 Å². The molecule has 2 amide bonds. The topological polar surface area (TPSA) is 96.1 Å². The van der Waals surface area contributed by atoms with Gasteiger partial charge in [-0.15, -0.1) is 0 Å². The van der Waals surface area contributed by atoms with E-state index in [-0.39, 0.29) is 31.0 Å². The van der Waals surface area contributed by atoms with E-state index in [4.69, 9.17) is 22.1 Å². The second-order valence-electron chi connectivity index (χ2n) is 10.6. The Hall–Kier alpha value is -2.98. The number of aliphatic hydroxyl groups is 1. The SMILES string of the molecule is CCOc1cccc(C(O)(C(=O)N2CCC(CC3CCN(c4ccc(C(N)=O)c(Cl)c4)CC3)CC2)C(F)(F)F)c1. The van der Waals surface area contributed by atoms with Crippen molar-refractivity contribution in [2.45, 2.75) is 50.8 Å². The smallest absolute Gasteiger partial charge is 0.430 e. The maximum Gasteiger partial charge on any atom is 0.430 e. The van der Waals surface area contributed by atoms with Crippen molar-refractivity contribution in [2.75, 3.05) is 37.7 Å². The van der Waals surface area contributed by atoms with Gasteiger partial charge in [-0.05, 0) is 81.2 Å². The maximum absolute atomic E-state index is 14.2. The number of benzene rings is 2. The lowest BCUT2D eigenvalue weighted by molar-refractivity contribution is -0.262. The number of carbonyl (C=O) groups is 2. The molecule has 0 radical (unpaired) electrons. The highest BCUT2D eigenvalue weighted by Gasteiger charge is 2.62. The van der Waals surface area contributed by atoms with Crippen LogP contribution in [-0.4, -0.2) is 60.8 Å². The largest absolute Gasteiger partial charge is 0.494 e. The Kier molecular flexibility index (Phi) is 9.19. The monoisotopic (exact) mass is 581 g/mol. The van der Waals surface area contributed by atoms with Gasteiger partial charge in [-0.25, -0.2) is 0 Å². The number of anilines is 1. The molecular formula is C29H35ClF3N3O4. The molecule has 2 saturated heterocycles. The first-order valence-electron chi connectivity index (χ1n) is 13.6. The third-order valence-corrected chi connectivity index (χ3v) is 8.36. The van der Waals surface area contributed by atoms with E-state index in [1.165, 1.54) is 12.1 Å². The van der Waals surface area contributed by atoms with Crippen molar-refractivity contribution < 1.29 is 32.6 Å². The summed E-state index contributed by atoms with van der Waals surface area (Å²) >= 11 is 6.20. The number of ether oxygens (including phenoxy) is 1. The number of amides is 2. The highest BCUT2D eigenvalue weighted by atomic mass is 35.5. The van der Waals surface area contributed by atoms with Crippen LogP contribution in [0.25, 0.3) is 0 Å². The summed E-state index contributed by atoms with van der Waals surface area (Å²) in [7, 11) is 0. The number of primary amides is 1. The van der Waals surface area contributed by atoms with E-state index in [0.717, 1.165) is 55.1 Å². The normalized spacial score (nSPS) is 18.9. The molecule has 0 spiro atoms. The number of nitrogens with two attached hydrogens (primary N) is 1. The Morgan fingerprint density at radius 3 is 2.20 bits per heavy atom. The Labute approximate surface area is 237 Å². The summed E-state index contributed by atoms with van der Waals surface area (Å²) in [5, 5.41) is 11.2. The minimum Gasteiger partial charge on any atom is -0.494 e. The number of carbonyl (C=O) groups excluding carboxylic acids is 2. The molecule has 11 heteroatoms. The highest BCUT2D eigenvalue weighted by molar-refractivity contribution is 6.34. The van der Waals surface area contributed by atoms with Crippen molar-refractivity contribution >= 4 is 29.1 Å². The molecule has 3 N–H and O–H groups in total. The van der Waals surface area contributed by atoms with E-state index in [1.54, 1.807) is 19.1 Å². The zero-order chi connectivity index (χ0) is 29.1. The van der Waals surface area contributed by atoms with E-state index >= 15 is 0 Å². The van der Waals surface area contributed by atoms with E-state index in [1.807, 2.05) is 6.07 Å². The third-order valence-electron chi connectivity index (χ3n) is 8.05. The molecule has 2 aromatic carbocycles. The molecule has 218 valence electrons. The van der Waals surface area contributed by atoms with Gasteiger partial charge in [0.1, 0.15) is 5.75 Å². The van der Waals surface area contributed by atoms with Gasteiger partial charge in [0.2, 0.25) is 5.91 Å². The van der Waals surface area contributed by atoms with Gasteiger partial charge in [-0.1, -0.05) is 23.7 Å². The number of rotatable bonds is 8. The van der Waals surface area contributed by atoms with Gasteiger partial charge in [-0.2, -0.15) is 13.2 Å². The molecule has 0 aromatic heterocycles. The molecular weight excluding hydrogens is 547 g/mol. The Bertz CT molecular complexity index is 1210. The molecule has 2 aromatic rings. The minimum atomic E-state index is -5.19. The number of halogens is 4. The van der Waals surface area contributed by atoms with Crippen LogP contribution in [0.15, 0.2) is 42.5 Å². The predicted octanol–water partition coefficient (Wildman–Crippen LogP) is 5.13. The fourth-order valence-electron chi connectivity index (χ4n) is 5.79. The number of nitrogens with zero attached hydrogens (tertiary/aromatic N) is 2.